The van der Waals surface area contributed by atoms with E-state index in [9.17, 15) is 17.6 Å². The molecule has 0 atom stereocenters. The van der Waals surface area contributed by atoms with Gasteiger partial charge >= 0.3 is 0 Å². The number of aryl methyl sites for hydroxylation is 2. The molecule has 0 radical (unpaired) electrons. The van der Waals surface area contributed by atoms with Crippen LogP contribution in [0, 0.1) is 5.82 Å². The van der Waals surface area contributed by atoms with Crippen LogP contribution in [0.25, 0.3) is 0 Å². The highest BCUT2D eigenvalue weighted by Crippen LogP contribution is 2.24. The second-order valence-corrected chi connectivity index (χ2v) is 9.90. The molecule has 1 heterocycles. The molecule has 1 N–H and O–H groups in total. The van der Waals surface area contributed by atoms with Crippen LogP contribution in [0.2, 0.25) is 0 Å². The first-order chi connectivity index (χ1) is 14.9. The molecule has 0 saturated carbocycles. The molecule has 1 aliphatic carbocycles. The normalized spacial score (nSPS) is 16.8. The van der Waals surface area contributed by atoms with Crippen LogP contribution in [-0.2, 0) is 27.7 Å². The molecule has 31 heavy (non-hydrogen) atoms. The lowest BCUT2D eigenvalue weighted by molar-refractivity contribution is -0.131. The molecular formula is C23H28FN3O3S. The van der Waals surface area contributed by atoms with E-state index in [-0.39, 0.29) is 29.6 Å². The summed E-state index contributed by atoms with van der Waals surface area (Å²) in [7, 11) is -3.63. The largest absolute Gasteiger partial charge is 0.368 e. The maximum absolute atomic E-state index is 13.1. The van der Waals surface area contributed by atoms with Gasteiger partial charge in [-0.15, -0.1) is 0 Å². The summed E-state index contributed by atoms with van der Waals surface area (Å²) in [5, 5.41) is 0. The van der Waals surface area contributed by atoms with Crippen molar-refractivity contribution < 1.29 is 17.6 Å². The number of benzene rings is 2. The third kappa shape index (κ3) is 5.25. The quantitative estimate of drug-likeness (QED) is 0.742. The average molecular weight is 446 g/mol. The summed E-state index contributed by atoms with van der Waals surface area (Å²) in [6, 6.07) is 11.7. The maximum Gasteiger partial charge on any atom is 0.240 e. The van der Waals surface area contributed by atoms with Crippen LogP contribution >= 0.6 is 0 Å². The number of nitrogens with one attached hydrogen (secondary N) is 1. The number of hydrogen-bond acceptors (Lipinski definition) is 4. The maximum atomic E-state index is 13.1. The molecule has 0 aromatic heterocycles. The van der Waals surface area contributed by atoms with E-state index in [1.807, 2.05) is 6.07 Å². The van der Waals surface area contributed by atoms with Crippen LogP contribution in [0.15, 0.2) is 47.4 Å². The molecule has 1 aliphatic heterocycles. The van der Waals surface area contributed by atoms with E-state index >= 15 is 0 Å². The topological polar surface area (TPSA) is 69.7 Å². The van der Waals surface area contributed by atoms with Crippen LogP contribution in [0.3, 0.4) is 0 Å². The number of rotatable bonds is 6. The minimum absolute atomic E-state index is 0.0631. The number of amides is 1. The molecule has 0 unspecified atom stereocenters. The lowest BCUT2D eigenvalue weighted by Gasteiger charge is -2.36. The Labute approximate surface area is 183 Å². The zero-order chi connectivity index (χ0) is 21.8. The zero-order valence-corrected chi connectivity index (χ0v) is 18.3. The van der Waals surface area contributed by atoms with Gasteiger partial charge in [0.2, 0.25) is 15.9 Å². The Hall–Kier alpha value is -2.45. The number of fused-ring (bicyclic) bond motifs is 1. The summed E-state index contributed by atoms with van der Waals surface area (Å²) in [6.45, 7) is 2.54. The van der Waals surface area contributed by atoms with Crippen molar-refractivity contribution in [3.63, 3.8) is 0 Å². The standard InChI is InChI=1S/C23H28FN3O3S/c24-20-6-8-21(9-7-20)26-13-15-27(16-14-26)23(28)11-12-25-31(29,30)22-10-5-18-3-1-2-4-19(18)17-22/h5-10,17,25H,1-4,11-16H2. The molecule has 1 fully saturated rings. The second-order valence-electron chi connectivity index (χ2n) is 8.13. The van der Waals surface area contributed by atoms with Crippen LogP contribution in [0.1, 0.15) is 30.4 Å². The third-order valence-corrected chi connectivity index (χ3v) is 7.54. The Bertz CT molecular complexity index is 1030. The highest BCUT2D eigenvalue weighted by Gasteiger charge is 2.22. The fraction of sp³-hybridized carbons (Fsp3) is 0.435. The molecular weight excluding hydrogens is 417 g/mol. The van der Waals surface area contributed by atoms with Crippen LogP contribution in [0.5, 0.6) is 0 Å². The lowest BCUT2D eigenvalue weighted by atomic mass is 9.92. The average Bonchev–Trinajstić information content (AvgIpc) is 2.79. The summed E-state index contributed by atoms with van der Waals surface area (Å²) in [4.78, 5) is 16.7. The first-order valence-corrected chi connectivity index (χ1v) is 12.3. The Morgan fingerprint density at radius 2 is 1.61 bits per heavy atom. The number of anilines is 1. The third-order valence-electron chi connectivity index (χ3n) is 6.09. The SMILES string of the molecule is O=C(CCNS(=O)(=O)c1ccc2c(c1)CCCC2)N1CCN(c2ccc(F)cc2)CC1. The summed E-state index contributed by atoms with van der Waals surface area (Å²) >= 11 is 0. The van der Waals surface area contributed by atoms with Crippen molar-refractivity contribution in [3.8, 4) is 0 Å². The van der Waals surface area contributed by atoms with E-state index in [2.05, 4.69) is 9.62 Å². The molecule has 1 amide bonds. The minimum atomic E-state index is -3.63. The fourth-order valence-electron chi connectivity index (χ4n) is 4.28. The van der Waals surface area contributed by atoms with E-state index in [1.54, 1.807) is 29.2 Å². The van der Waals surface area contributed by atoms with Gasteiger partial charge in [-0.05, 0) is 73.2 Å². The van der Waals surface area contributed by atoms with Crippen molar-refractivity contribution in [2.24, 2.45) is 0 Å². The molecule has 0 bridgehead atoms. The Morgan fingerprint density at radius 1 is 0.935 bits per heavy atom. The highest BCUT2D eigenvalue weighted by molar-refractivity contribution is 7.89. The van der Waals surface area contributed by atoms with Gasteiger partial charge < -0.3 is 9.80 Å². The van der Waals surface area contributed by atoms with Crippen molar-refractivity contribution in [1.82, 2.24) is 9.62 Å². The van der Waals surface area contributed by atoms with Gasteiger partial charge in [0, 0.05) is 44.8 Å². The Kier molecular flexibility index (Phi) is 6.57. The first-order valence-electron chi connectivity index (χ1n) is 10.8. The van der Waals surface area contributed by atoms with Gasteiger partial charge in [0.1, 0.15) is 5.82 Å². The van der Waals surface area contributed by atoms with Gasteiger partial charge in [0.05, 0.1) is 4.90 Å². The molecule has 2 aromatic carbocycles. The summed E-state index contributed by atoms with van der Waals surface area (Å²) in [6.07, 6.45) is 4.29. The van der Waals surface area contributed by atoms with E-state index in [0.717, 1.165) is 36.9 Å². The number of carbonyl (C=O) groups excluding carboxylic acids is 1. The molecule has 166 valence electrons. The van der Waals surface area contributed by atoms with E-state index in [1.165, 1.54) is 17.7 Å². The number of sulfonamides is 1. The number of carbonyl (C=O) groups is 1. The van der Waals surface area contributed by atoms with Crippen molar-refractivity contribution in [2.75, 3.05) is 37.6 Å². The Morgan fingerprint density at radius 3 is 2.32 bits per heavy atom. The molecule has 1 saturated heterocycles. The van der Waals surface area contributed by atoms with Crippen LogP contribution in [-0.4, -0.2) is 51.9 Å². The molecule has 2 aromatic rings. The van der Waals surface area contributed by atoms with E-state index in [0.29, 0.717) is 26.2 Å². The number of piperazine rings is 1. The lowest BCUT2D eigenvalue weighted by Crippen LogP contribution is -2.49. The molecule has 8 heteroatoms. The van der Waals surface area contributed by atoms with E-state index < -0.39 is 10.0 Å². The minimum Gasteiger partial charge on any atom is -0.368 e. The predicted molar refractivity (Wildman–Crippen MR) is 118 cm³/mol. The number of halogens is 1. The monoisotopic (exact) mass is 445 g/mol. The highest BCUT2D eigenvalue weighted by atomic mass is 32.2. The van der Waals surface area contributed by atoms with Gasteiger partial charge in [-0.25, -0.2) is 17.5 Å². The van der Waals surface area contributed by atoms with E-state index in [4.69, 9.17) is 0 Å². The van der Waals surface area contributed by atoms with Crippen molar-refractivity contribution in [2.45, 2.75) is 37.0 Å². The molecule has 2 aliphatic rings. The van der Waals surface area contributed by atoms with Crippen LogP contribution in [0.4, 0.5) is 10.1 Å². The smallest absolute Gasteiger partial charge is 0.240 e. The van der Waals surface area contributed by atoms with Gasteiger partial charge in [0.15, 0.2) is 0 Å². The summed E-state index contributed by atoms with van der Waals surface area (Å²) in [5.41, 5.74) is 3.29. The van der Waals surface area contributed by atoms with Gasteiger partial charge in [-0.3, -0.25) is 4.79 Å². The first kappa shape index (κ1) is 21.8. The van der Waals surface area contributed by atoms with Crippen LogP contribution < -0.4 is 9.62 Å². The van der Waals surface area contributed by atoms with Gasteiger partial charge in [-0.2, -0.15) is 0 Å². The molecule has 6 nitrogen and oxygen atoms in total. The predicted octanol–water partition coefficient (Wildman–Crippen LogP) is 2.72. The van der Waals surface area contributed by atoms with Gasteiger partial charge in [-0.1, -0.05) is 6.07 Å². The molecule has 0 spiro atoms. The summed E-state index contributed by atoms with van der Waals surface area (Å²) < 4.78 is 40.9. The fourth-order valence-corrected chi connectivity index (χ4v) is 5.36. The van der Waals surface area contributed by atoms with Crippen molar-refractivity contribution in [1.29, 1.82) is 0 Å². The van der Waals surface area contributed by atoms with Gasteiger partial charge in [0.25, 0.3) is 0 Å². The van der Waals surface area contributed by atoms with Crippen molar-refractivity contribution >= 4 is 21.6 Å². The summed E-state index contributed by atoms with van der Waals surface area (Å²) in [5.74, 6) is -0.331. The Balaban J connectivity index is 1.26. The molecule has 4 rings (SSSR count). The van der Waals surface area contributed by atoms with Crippen molar-refractivity contribution in [3.05, 3.63) is 59.4 Å². The number of hydrogen-bond donors (Lipinski definition) is 1. The zero-order valence-electron chi connectivity index (χ0n) is 17.5. The second kappa shape index (κ2) is 9.36. The number of nitrogens with zero attached hydrogens (tertiary/aromatic N) is 2.